The largest absolute Gasteiger partial charge is 0.330 e. The fraction of sp³-hybridized carbons (Fsp3) is 0.320. The summed E-state index contributed by atoms with van der Waals surface area (Å²) in [5.41, 5.74) is 2.10. The fourth-order valence-electron chi connectivity index (χ4n) is 4.23. The van der Waals surface area contributed by atoms with Crippen LogP contribution in [0, 0.1) is 5.82 Å². The molecule has 0 spiro atoms. The lowest BCUT2D eigenvalue weighted by Gasteiger charge is -2.38. The van der Waals surface area contributed by atoms with Crippen molar-refractivity contribution in [1.29, 1.82) is 0 Å². The minimum Gasteiger partial charge on any atom is -0.330 e. The Morgan fingerprint density at radius 3 is 2.52 bits per heavy atom. The van der Waals surface area contributed by atoms with E-state index in [9.17, 15) is 17.6 Å². The van der Waals surface area contributed by atoms with Crippen LogP contribution < -0.4 is 0 Å². The summed E-state index contributed by atoms with van der Waals surface area (Å²) in [7, 11) is -3.97. The molecule has 2 aromatic carbocycles. The highest BCUT2D eigenvalue weighted by Gasteiger charge is 2.36. The molecule has 174 valence electrons. The third-order valence-electron chi connectivity index (χ3n) is 6.20. The Kier molecular flexibility index (Phi) is 6.97. The van der Waals surface area contributed by atoms with E-state index >= 15 is 0 Å². The molecule has 2 atom stereocenters. The summed E-state index contributed by atoms with van der Waals surface area (Å²) >= 11 is 1.69. The average Bonchev–Trinajstić information content (AvgIpc) is 3.31. The summed E-state index contributed by atoms with van der Waals surface area (Å²) in [6.45, 7) is 3.93. The van der Waals surface area contributed by atoms with Crippen molar-refractivity contribution in [3.63, 3.8) is 0 Å². The molecule has 0 bridgehead atoms. The van der Waals surface area contributed by atoms with Gasteiger partial charge in [-0.2, -0.15) is 4.31 Å². The lowest BCUT2D eigenvalue weighted by molar-refractivity contribution is -0.133. The molecule has 0 radical (unpaired) electrons. The van der Waals surface area contributed by atoms with Crippen molar-refractivity contribution in [3.8, 4) is 0 Å². The molecule has 3 aromatic rings. The molecular weight excluding hydrogens is 459 g/mol. The monoisotopic (exact) mass is 486 g/mol. The molecule has 1 aliphatic rings. The van der Waals surface area contributed by atoms with Gasteiger partial charge in [0, 0.05) is 17.5 Å². The van der Waals surface area contributed by atoms with Gasteiger partial charge in [0.2, 0.25) is 15.9 Å². The van der Waals surface area contributed by atoms with E-state index in [-0.39, 0.29) is 29.4 Å². The Labute approximate surface area is 198 Å². The van der Waals surface area contributed by atoms with Crippen molar-refractivity contribution in [2.75, 3.05) is 13.1 Å². The van der Waals surface area contributed by atoms with E-state index in [1.165, 1.54) is 21.3 Å². The Bertz CT molecular complexity index is 1210. The first-order valence-electron chi connectivity index (χ1n) is 11.0. The number of carbonyl (C=O) groups is 1. The number of rotatable bonds is 7. The second-order valence-corrected chi connectivity index (χ2v) is 11.1. The molecule has 1 aromatic heterocycles. The molecule has 5 nitrogen and oxygen atoms in total. The maximum atomic E-state index is 13.6. The highest BCUT2D eigenvalue weighted by Crippen LogP contribution is 2.38. The molecule has 8 heteroatoms. The molecule has 0 saturated heterocycles. The van der Waals surface area contributed by atoms with Crippen LogP contribution in [0.3, 0.4) is 0 Å². The molecular formula is C25H27FN2O3S2. The van der Waals surface area contributed by atoms with Gasteiger partial charge in [0.1, 0.15) is 5.82 Å². The quantitative estimate of drug-likeness (QED) is 0.480. The van der Waals surface area contributed by atoms with E-state index < -0.39 is 15.8 Å². The van der Waals surface area contributed by atoms with Crippen LogP contribution in [-0.2, 0) is 21.2 Å². The van der Waals surface area contributed by atoms with Crippen LogP contribution in [0.5, 0.6) is 0 Å². The maximum absolute atomic E-state index is 13.6. The lowest BCUT2D eigenvalue weighted by atomic mass is 9.93. The van der Waals surface area contributed by atoms with Gasteiger partial charge in [0.15, 0.2) is 0 Å². The first-order valence-corrected chi connectivity index (χ1v) is 13.3. The van der Waals surface area contributed by atoms with Crippen LogP contribution in [-0.4, -0.2) is 42.7 Å². The van der Waals surface area contributed by atoms with Crippen LogP contribution in [0.1, 0.15) is 42.3 Å². The second-order valence-electron chi connectivity index (χ2n) is 8.21. The van der Waals surface area contributed by atoms with E-state index in [1.807, 2.05) is 42.6 Å². The normalized spacial score (nSPS) is 17.1. The summed E-state index contributed by atoms with van der Waals surface area (Å²) < 4.78 is 41.4. The number of fused-ring (bicyclic) bond motifs is 1. The summed E-state index contributed by atoms with van der Waals surface area (Å²) in [5.74, 6) is -0.752. The van der Waals surface area contributed by atoms with Crippen molar-refractivity contribution < 1.29 is 17.6 Å². The number of sulfonamides is 1. The number of hydrogen-bond acceptors (Lipinski definition) is 4. The van der Waals surface area contributed by atoms with Crippen LogP contribution in [0.2, 0.25) is 0 Å². The molecule has 0 N–H and O–H groups in total. The molecule has 2 unspecified atom stereocenters. The number of carbonyl (C=O) groups excluding carboxylic acids is 1. The zero-order valence-electron chi connectivity index (χ0n) is 18.6. The van der Waals surface area contributed by atoms with Gasteiger partial charge in [-0.25, -0.2) is 12.8 Å². The molecule has 33 heavy (non-hydrogen) atoms. The third-order valence-corrected chi connectivity index (χ3v) is 9.17. The molecule has 0 saturated carbocycles. The van der Waals surface area contributed by atoms with E-state index in [2.05, 4.69) is 6.07 Å². The van der Waals surface area contributed by atoms with Gasteiger partial charge >= 0.3 is 0 Å². The number of nitrogens with zero attached hydrogens (tertiary/aromatic N) is 2. The zero-order valence-corrected chi connectivity index (χ0v) is 20.3. The summed E-state index contributed by atoms with van der Waals surface area (Å²) in [6.07, 6.45) is 1.29. The molecule has 4 rings (SSSR count). The average molecular weight is 487 g/mol. The molecule has 1 amide bonds. The Morgan fingerprint density at radius 2 is 1.85 bits per heavy atom. The van der Waals surface area contributed by atoms with Crippen molar-refractivity contribution >= 4 is 27.3 Å². The highest BCUT2D eigenvalue weighted by atomic mass is 32.2. The predicted octanol–water partition coefficient (Wildman–Crippen LogP) is 4.85. The first-order chi connectivity index (χ1) is 15.8. The van der Waals surface area contributed by atoms with Gasteiger partial charge < -0.3 is 4.90 Å². The second kappa shape index (κ2) is 9.75. The van der Waals surface area contributed by atoms with Crippen molar-refractivity contribution in [1.82, 2.24) is 9.21 Å². The summed E-state index contributed by atoms with van der Waals surface area (Å²) in [4.78, 5) is 16.7. The van der Waals surface area contributed by atoms with Crippen molar-refractivity contribution in [2.45, 2.75) is 43.7 Å². The maximum Gasteiger partial charge on any atom is 0.243 e. The van der Waals surface area contributed by atoms with Crippen molar-refractivity contribution in [2.24, 2.45) is 0 Å². The minimum atomic E-state index is -3.97. The number of halogens is 1. The van der Waals surface area contributed by atoms with Gasteiger partial charge in [0.05, 0.1) is 17.5 Å². The minimum absolute atomic E-state index is 0.0182. The van der Waals surface area contributed by atoms with Gasteiger partial charge in [-0.1, -0.05) is 37.3 Å². The van der Waals surface area contributed by atoms with E-state index in [4.69, 9.17) is 0 Å². The van der Waals surface area contributed by atoms with Gasteiger partial charge in [-0.15, -0.1) is 11.3 Å². The van der Waals surface area contributed by atoms with Gasteiger partial charge in [-0.3, -0.25) is 4.79 Å². The predicted molar refractivity (Wildman–Crippen MR) is 128 cm³/mol. The fourth-order valence-corrected chi connectivity index (χ4v) is 6.79. The van der Waals surface area contributed by atoms with E-state index in [0.717, 1.165) is 29.7 Å². The van der Waals surface area contributed by atoms with Crippen LogP contribution in [0.25, 0.3) is 0 Å². The van der Waals surface area contributed by atoms with Gasteiger partial charge in [0.25, 0.3) is 0 Å². The number of hydrogen-bond donors (Lipinski definition) is 0. The molecule has 1 aliphatic heterocycles. The van der Waals surface area contributed by atoms with E-state index in [0.29, 0.717) is 13.0 Å². The number of benzene rings is 2. The first kappa shape index (κ1) is 23.6. The van der Waals surface area contributed by atoms with Crippen LogP contribution in [0.15, 0.2) is 70.9 Å². The Balaban J connectivity index is 1.67. The topological polar surface area (TPSA) is 57.7 Å². The van der Waals surface area contributed by atoms with Crippen LogP contribution in [0.4, 0.5) is 4.39 Å². The summed E-state index contributed by atoms with van der Waals surface area (Å²) in [6, 6.07) is 16.0. The smallest absolute Gasteiger partial charge is 0.243 e. The van der Waals surface area contributed by atoms with Crippen LogP contribution >= 0.6 is 11.3 Å². The standard InChI is InChI=1S/C25H27FN2O3S2/c1-3-18(2)28(33(30,31)21-11-9-20(26)10-12-21)17-24(29)27-15-13-23-22(14-16-32-23)25(27)19-7-5-4-6-8-19/h4-12,14,16,18,25H,3,13,15,17H2,1-2H3. The van der Waals surface area contributed by atoms with Crippen molar-refractivity contribution in [3.05, 3.63) is 87.9 Å². The number of thiophene rings is 1. The van der Waals surface area contributed by atoms with E-state index in [1.54, 1.807) is 23.2 Å². The summed E-state index contributed by atoms with van der Waals surface area (Å²) in [5, 5.41) is 2.04. The SMILES string of the molecule is CCC(C)N(CC(=O)N1CCc2sccc2C1c1ccccc1)S(=O)(=O)c1ccc(F)cc1. The Morgan fingerprint density at radius 1 is 1.15 bits per heavy atom. The molecule has 2 heterocycles. The zero-order chi connectivity index (χ0) is 23.6. The molecule has 0 aliphatic carbocycles. The molecule has 0 fully saturated rings. The highest BCUT2D eigenvalue weighted by molar-refractivity contribution is 7.89. The van der Waals surface area contributed by atoms with Gasteiger partial charge in [-0.05, 0) is 66.6 Å². The third kappa shape index (κ3) is 4.74. The Hall–Kier alpha value is -2.55. The number of amides is 1. The lowest BCUT2D eigenvalue weighted by Crippen LogP contribution is -2.49.